The molecule has 244 valence electrons. The summed E-state index contributed by atoms with van der Waals surface area (Å²) in [4.78, 5) is 24.6. The second-order valence-electron chi connectivity index (χ2n) is 18.6. The van der Waals surface area contributed by atoms with Crippen LogP contribution in [0.1, 0.15) is 145 Å². The lowest BCUT2D eigenvalue weighted by atomic mass is 9.32. The summed E-state index contributed by atoms with van der Waals surface area (Å²) in [7, 11) is 0. The highest BCUT2D eigenvalue weighted by molar-refractivity contribution is 5.81. The largest absolute Gasteiger partial charge is 0.481 e. The fraction of sp³-hybridized carbons (Fsp3) is 0.947. The fourth-order valence-electron chi connectivity index (χ4n) is 12.9. The van der Waals surface area contributed by atoms with Crippen LogP contribution in [0.4, 0.5) is 0 Å². The van der Waals surface area contributed by atoms with Gasteiger partial charge in [-0.05, 0) is 162 Å². The van der Waals surface area contributed by atoms with Gasteiger partial charge < -0.3 is 15.2 Å². The van der Waals surface area contributed by atoms with Crippen LogP contribution in [0.3, 0.4) is 0 Å². The molecule has 0 heterocycles. The van der Waals surface area contributed by atoms with Crippen molar-refractivity contribution in [2.45, 2.75) is 151 Å². The van der Waals surface area contributed by atoms with Gasteiger partial charge in [-0.15, -0.1) is 0 Å². The van der Waals surface area contributed by atoms with E-state index in [1.165, 1.54) is 90.1 Å². The summed E-state index contributed by atoms with van der Waals surface area (Å²) in [6.07, 6.45) is 18.6. The van der Waals surface area contributed by atoms with Crippen LogP contribution in [0.15, 0.2) is 0 Å². The number of carbonyl (C=O) groups excluding carboxylic acids is 1. The number of aliphatic carboxylic acids is 1. The van der Waals surface area contributed by atoms with Crippen molar-refractivity contribution in [2.75, 3.05) is 13.1 Å². The highest BCUT2D eigenvalue weighted by Gasteiger charge is 2.70. The van der Waals surface area contributed by atoms with Gasteiger partial charge in [0.05, 0.1) is 11.8 Å². The Morgan fingerprint density at radius 1 is 0.814 bits per heavy atom. The highest BCUT2D eigenvalue weighted by Crippen LogP contribution is 2.77. The molecule has 0 amide bonds. The Labute approximate surface area is 262 Å². The molecule has 0 spiro atoms. The molecule has 6 fully saturated rings. The molecule has 0 aromatic carbocycles. The van der Waals surface area contributed by atoms with Gasteiger partial charge in [0, 0.05) is 5.41 Å². The maximum Gasteiger partial charge on any atom is 0.309 e. The van der Waals surface area contributed by atoms with Gasteiger partial charge in [-0.3, -0.25) is 9.59 Å². The van der Waals surface area contributed by atoms with Gasteiger partial charge in [-0.25, -0.2) is 0 Å². The van der Waals surface area contributed by atoms with Crippen molar-refractivity contribution < 1.29 is 19.4 Å². The maximum atomic E-state index is 13.0. The van der Waals surface area contributed by atoms with E-state index in [9.17, 15) is 14.7 Å². The molecule has 2 unspecified atom stereocenters. The summed E-state index contributed by atoms with van der Waals surface area (Å²) >= 11 is 0. The summed E-state index contributed by atoms with van der Waals surface area (Å²) in [6, 6.07) is 0. The van der Waals surface area contributed by atoms with Crippen molar-refractivity contribution in [3.8, 4) is 0 Å². The fourth-order valence-corrected chi connectivity index (χ4v) is 12.9. The zero-order chi connectivity index (χ0) is 31.1. The summed E-state index contributed by atoms with van der Waals surface area (Å²) in [6.45, 7) is 18.5. The first-order chi connectivity index (χ1) is 20.1. The Morgan fingerprint density at radius 2 is 1.56 bits per heavy atom. The lowest BCUT2D eigenvalue weighted by molar-refractivity contribution is -0.248. The van der Waals surface area contributed by atoms with Crippen LogP contribution < -0.4 is 5.32 Å². The average molecular weight is 598 g/mol. The van der Waals surface area contributed by atoms with Crippen LogP contribution in [-0.4, -0.2) is 36.2 Å². The van der Waals surface area contributed by atoms with Gasteiger partial charge >= 0.3 is 11.9 Å². The lowest BCUT2D eigenvalue weighted by Gasteiger charge is -2.72. The Bertz CT molecular complexity index is 1100. The highest BCUT2D eigenvalue weighted by atomic mass is 16.5. The van der Waals surface area contributed by atoms with Crippen LogP contribution in [-0.2, 0) is 14.3 Å². The lowest BCUT2D eigenvalue weighted by Crippen LogP contribution is -2.66. The quantitative estimate of drug-likeness (QED) is 0.205. The number of carbonyl (C=O) groups is 2. The van der Waals surface area contributed by atoms with Gasteiger partial charge in [-0.1, -0.05) is 41.0 Å². The third-order valence-electron chi connectivity index (χ3n) is 15.8. The Kier molecular flexibility index (Phi) is 7.95. The van der Waals surface area contributed by atoms with E-state index in [0.29, 0.717) is 22.2 Å². The van der Waals surface area contributed by atoms with E-state index in [4.69, 9.17) is 4.74 Å². The molecule has 43 heavy (non-hydrogen) atoms. The molecule has 6 aliphatic carbocycles. The van der Waals surface area contributed by atoms with Gasteiger partial charge in [0.2, 0.25) is 0 Å². The standard InChI is InChI=1S/C38H63NO4/c1-33(2,32(41)42)23-31(40)43-30-15-17-35(5)28(34(30,3)4)14-18-37(7)29(35)13-12-26-27-9-8-16-38(27,20-19-36(26,37)6)21-22-39-24-25-10-11-25/h25-30,39H,8-24H2,1-7H3,(H,41,42)/t26-,27-,28?,29?,30+,35+,36-,37-,38-/m1/s1. The van der Waals surface area contributed by atoms with E-state index in [1.54, 1.807) is 13.8 Å². The van der Waals surface area contributed by atoms with Gasteiger partial charge in [0.15, 0.2) is 0 Å². The molecule has 0 bridgehead atoms. The minimum Gasteiger partial charge on any atom is -0.481 e. The van der Waals surface area contributed by atoms with Crippen molar-refractivity contribution in [1.29, 1.82) is 0 Å². The van der Waals surface area contributed by atoms with E-state index in [2.05, 4.69) is 39.9 Å². The number of esters is 1. The second-order valence-corrected chi connectivity index (χ2v) is 18.6. The topological polar surface area (TPSA) is 75.6 Å². The molecule has 6 aliphatic rings. The SMILES string of the molecule is CC(C)(CC(=O)O[C@H]1CC[C@@]2(C)C(CC[C@]3(C)C2CC[C@@H]2[C@H]4CCC[C@]4(CCNCC4CC4)CC[C@]23C)C1(C)C)C(=O)O. The molecular formula is C38H63NO4. The third-order valence-corrected chi connectivity index (χ3v) is 15.8. The molecule has 2 N–H and O–H groups in total. The molecule has 0 aliphatic heterocycles. The zero-order valence-electron chi connectivity index (χ0n) is 28.7. The molecule has 9 atom stereocenters. The van der Waals surface area contributed by atoms with Crippen molar-refractivity contribution in [3.05, 3.63) is 0 Å². The first-order valence-electron chi connectivity index (χ1n) is 18.2. The number of carboxylic acid groups (broad SMARTS) is 1. The van der Waals surface area contributed by atoms with Gasteiger partial charge in [-0.2, -0.15) is 0 Å². The normalized spacial score (nSPS) is 45.3. The molecule has 6 saturated carbocycles. The van der Waals surface area contributed by atoms with Gasteiger partial charge in [0.1, 0.15) is 6.10 Å². The minimum atomic E-state index is -1.10. The van der Waals surface area contributed by atoms with Crippen molar-refractivity contribution in [3.63, 3.8) is 0 Å². The van der Waals surface area contributed by atoms with Crippen LogP contribution >= 0.6 is 0 Å². The van der Waals surface area contributed by atoms with E-state index < -0.39 is 11.4 Å². The predicted molar refractivity (Wildman–Crippen MR) is 171 cm³/mol. The predicted octanol–water partition coefficient (Wildman–Crippen LogP) is 8.64. The van der Waals surface area contributed by atoms with Crippen molar-refractivity contribution in [2.24, 2.45) is 62.1 Å². The van der Waals surface area contributed by atoms with Crippen LogP contribution in [0.2, 0.25) is 0 Å². The Morgan fingerprint density at radius 3 is 2.26 bits per heavy atom. The third kappa shape index (κ3) is 5.03. The molecule has 6 rings (SSSR count). The number of rotatable bonds is 9. The molecule has 0 aromatic rings. The van der Waals surface area contributed by atoms with E-state index in [1.807, 2.05) is 0 Å². The molecule has 0 saturated heterocycles. The van der Waals surface area contributed by atoms with Crippen LogP contribution in [0.5, 0.6) is 0 Å². The van der Waals surface area contributed by atoms with Crippen LogP contribution in [0.25, 0.3) is 0 Å². The number of hydrogen-bond donors (Lipinski definition) is 2. The zero-order valence-corrected chi connectivity index (χ0v) is 28.7. The molecule has 0 aromatic heterocycles. The minimum absolute atomic E-state index is 0.0729. The Balaban J connectivity index is 1.18. The van der Waals surface area contributed by atoms with Gasteiger partial charge in [0.25, 0.3) is 0 Å². The molecular weight excluding hydrogens is 534 g/mol. The summed E-state index contributed by atoms with van der Waals surface area (Å²) < 4.78 is 6.16. The molecule has 5 heteroatoms. The van der Waals surface area contributed by atoms with Crippen LogP contribution in [0, 0.1) is 62.1 Å². The maximum absolute atomic E-state index is 13.0. The first-order valence-corrected chi connectivity index (χ1v) is 18.2. The number of hydrogen-bond acceptors (Lipinski definition) is 4. The van der Waals surface area contributed by atoms with E-state index in [-0.39, 0.29) is 29.3 Å². The summed E-state index contributed by atoms with van der Waals surface area (Å²) in [5, 5.41) is 13.4. The second kappa shape index (κ2) is 10.7. The molecule has 5 nitrogen and oxygen atoms in total. The van der Waals surface area contributed by atoms with Crippen molar-refractivity contribution in [1.82, 2.24) is 5.32 Å². The monoisotopic (exact) mass is 597 g/mol. The van der Waals surface area contributed by atoms with Crippen molar-refractivity contribution >= 4 is 11.9 Å². The smallest absolute Gasteiger partial charge is 0.309 e. The number of nitrogens with one attached hydrogen (secondary N) is 1. The van der Waals surface area contributed by atoms with E-state index >= 15 is 0 Å². The van der Waals surface area contributed by atoms with E-state index in [0.717, 1.165) is 36.5 Å². The molecule has 0 radical (unpaired) electrons. The Hall–Kier alpha value is -1.10. The summed E-state index contributed by atoms with van der Waals surface area (Å²) in [5.41, 5.74) is 0.407. The summed E-state index contributed by atoms with van der Waals surface area (Å²) in [5.74, 6) is 2.69. The number of fused-ring (bicyclic) bond motifs is 7. The first kappa shape index (κ1) is 31.9. The number of carboxylic acids is 1. The average Bonchev–Trinajstić information content (AvgIpc) is 3.65. The number of ether oxygens (including phenoxy) is 1.